The molecule has 0 saturated carbocycles. The molecular weight excluding hydrogens is 162 g/mol. The van der Waals surface area contributed by atoms with Gasteiger partial charge in [0.15, 0.2) is 0 Å². The molecule has 0 fully saturated rings. The maximum atomic E-state index is 4.47. The van der Waals surface area contributed by atoms with Gasteiger partial charge in [0.1, 0.15) is 4.38 Å². The van der Waals surface area contributed by atoms with Crippen molar-refractivity contribution >= 4 is 27.9 Å². The van der Waals surface area contributed by atoms with Crippen molar-refractivity contribution in [2.24, 2.45) is 4.99 Å². The van der Waals surface area contributed by atoms with E-state index in [2.05, 4.69) is 31.4 Å². The van der Waals surface area contributed by atoms with Gasteiger partial charge in [0, 0.05) is 6.04 Å². The fraction of sp³-hybridized carbons (Fsp3) is 0.857. The second-order valence-corrected chi connectivity index (χ2v) is 3.91. The molecule has 0 spiro atoms. The van der Waals surface area contributed by atoms with E-state index in [-0.39, 0.29) is 0 Å². The summed E-state index contributed by atoms with van der Waals surface area (Å²) in [6, 6.07) is 0.481. The Hall–Kier alpha value is 0.370. The molecule has 1 unspecified atom stereocenters. The van der Waals surface area contributed by atoms with Gasteiger partial charge in [-0.15, -0.1) is 23.5 Å². The number of nitrogens with zero attached hydrogens (tertiary/aromatic N) is 1. The van der Waals surface area contributed by atoms with Crippen LogP contribution in [0.25, 0.3) is 0 Å². The minimum atomic E-state index is 0.481. The van der Waals surface area contributed by atoms with Crippen molar-refractivity contribution in [3.63, 3.8) is 0 Å². The normalized spacial score (nSPS) is 12.8. The third kappa shape index (κ3) is 4.23. The molecule has 0 aromatic carbocycles. The fourth-order valence-electron chi connectivity index (χ4n) is 0.460. The second kappa shape index (κ2) is 6.10. The first-order valence-electron chi connectivity index (χ1n) is 3.40. The average Bonchev–Trinajstić information content (AvgIpc) is 1.99. The van der Waals surface area contributed by atoms with Crippen molar-refractivity contribution < 1.29 is 0 Å². The van der Waals surface area contributed by atoms with Crippen molar-refractivity contribution in [3.8, 4) is 0 Å². The third-order valence-electron chi connectivity index (χ3n) is 1.27. The first-order valence-corrected chi connectivity index (χ1v) is 5.85. The van der Waals surface area contributed by atoms with Crippen LogP contribution in [-0.2, 0) is 0 Å². The van der Waals surface area contributed by atoms with Crippen LogP contribution in [0, 0.1) is 0 Å². The number of aliphatic imine (C=N–C) groups is 1. The molecule has 1 nitrogen and oxygen atoms in total. The zero-order valence-electron chi connectivity index (χ0n) is 7.05. The summed E-state index contributed by atoms with van der Waals surface area (Å²) in [6.07, 6.45) is 5.26. The average molecular weight is 177 g/mol. The lowest BCUT2D eigenvalue weighted by Crippen LogP contribution is -1.97. The number of hydrogen-bond acceptors (Lipinski definition) is 3. The zero-order valence-corrected chi connectivity index (χ0v) is 8.68. The maximum Gasteiger partial charge on any atom is 0.124 e. The van der Waals surface area contributed by atoms with E-state index in [1.165, 1.54) is 4.38 Å². The Morgan fingerprint density at radius 2 is 1.90 bits per heavy atom. The summed E-state index contributed by atoms with van der Waals surface area (Å²) in [5, 5.41) is 0. The van der Waals surface area contributed by atoms with Gasteiger partial charge >= 0.3 is 0 Å². The maximum absolute atomic E-state index is 4.47. The molecular formula is C7H15NS2. The molecule has 60 valence electrons. The highest BCUT2D eigenvalue weighted by atomic mass is 32.2. The minimum absolute atomic E-state index is 0.481. The molecule has 0 N–H and O–H groups in total. The minimum Gasteiger partial charge on any atom is -0.269 e. The van der Waals surface area contributed by atoms with Gasteiger partial charge in [-0.3, -0.25) is 4.99 Å². The lowest BCUT2D eigenvalue weighted by Gasteiger charge is -2.03. The molecule has 0 bridgehead atoms. The fourth-order valence-corrected chi connectivity index (χ4v) is 1.70. The van der Waals surface area contributed by atoms with Gasteiger partial charge in [0.05, 0.1) is 0 Å². The number of thioether (sulfide) groups is 2. The monoisotopic (exact) mass is 177 g/mol. The Labute approximate surface area is 72.1 Å². The predicted octanol–water partition coefficient (Wildman–Crippen LogP) is 2.87. The smallest absolute Gasteiger partial charge is 0.124 e. The van der Waals surface area contributed by atoms with Crippen LogP contribution in [0.3, 0.4) is 0 Å². The van der Waals surface area contributed by atoms with Crippen LogP contribution >= 0.6 is 23.5 Å². The van der Waals surface area contributed by atoms with Crippen LogP contribution < -0.4 is 0 Å². The summed E-state index contributed by atoms with van der Waals surface area (Å²) >= 11 is 3.45. The number of rotatable bonds is 2. The molecule has 10 heavy (non-hydrogen) atoms. The lowest BCUT2D eigenvalue weighted by atomic mass is 10.3. The molecule has 0 radical (unpaired) electrons. The summed E-state index contributed by atoms with van der Waals surface area (Å²) < 4.78 is 1.19. The third-order valence-corrected chi connectivity index (χ3v) is 3.18. The van der Waals surface area contributed by atoms with Gasteiger partial charge in [-0.25, -0.2) is 0 Å². The molecule has 0 amide bonds. The molecule has 3 heteroatoms. The van der Waals surface area contributed by atoms with E-state index in [0.29, 0.717) is 6.04 Å². The Kier molecular flexibility index (Phi) is 6.33. The summed E-state index contributed by atoms with van der Waals surface area (Å²) in [6.45, 7) is 4.30. The molecule has 0 aliphatic heterocycles. The molecule has 1 atom stereocenters. The first kappa shape index (κ1) is 10.4. The summed E-state index contributed by atoms with van der Waals surface area (Å²) in [4.78, 5) is 4.47. The first-order chi connectivity index (χ1) is 4.74. The standard InChI is InChI=1S/C7H15NS2/c1-5-6(2)8-7(9-3)10-4/h6H,5H2,1-4H3. The highest BCUT2D eigenvalue weighted by molar-refractivity contribution is 8.38. The zero-order chi connectivity index (χ0) is 7.98. The van der Waals surface area contributed by atoms with Gasteiger partial charge in [-0.2, -0.15) is 0 Å². The predicted molar refractivity (Wildman–Crippen MR) is 54.2 cm³/mol. The molecule has 0 aromatic rings. The summed E-state index contributed by atoms with van der Waals surface area (Å²) in [7, 11) is 0. The van der Waals surface area contributed by atoms with Crippen LogP contribution in [0.4, 0.5) is 0 Å². The van der Waals surface area contributed by atoms with Crippen molar-refractivity contribution in [2.45, 2.75) is 26.3 Å². The Balaban J connectivity index is 3.83. The van der Waals surface area contributed by atoms with Crippen LogP contribution in [0.15, 0.2) is 4.99 Å². The second-order valence-electron chi connectivity index (χ2n) is 2.06. The highest BCUT2D eigenvalue weighted by Crippen LogP contribution is 2.12. The highest BCUT2D eigenvalue weighted by Gasteiger charge is 1.97. The Morgan fingerprint density at radius 1 is 1.40 bits per heavy atom. The molecule has 0 heterocycles. The van der Waals surface area contributed by atoms with E-state index in [1.807, 2.05) is 0 Å². The topological polar surface area (TPSA) is 12.4 Å². The van der Waals surface area contributed by atoms with Gasteiger partial charge in [-0.1, -0.05) is 6.92 Å². The molecule has 0 rings (SSSR count). The summed E-state index contributed by atoms with van der Waals surface area (Å²) in [5.74, 6) is 0. The van der Waals surface area contributed by atoms with E-state index >= 15 is 0 Å². The van der Waals surface area contributed by atoms with Crippen LogP contribution in [0.5, 0.6) is 0 Å². The molecule has 0 aliphatic rings. The summed E-state index contributed by atoms with van der Waals surface area (Å²) in [5.41, 5.74) is 0. The van der Waals surface area contributed by atoms with Gasteiger partial charge in [-0.05, 0) is 25.9 Å². The van der Waals surface area contributed by atoms with Crippen LogP contribution in [0.2, 0.25) is 0 Å². The number of hydrogen-bond donors (Lipinski definition) is 0. The molecule has 0 saturated heterocycles. The van der Waals surface area contributed by atoms with Crippen LogP contribution in [0.1, 0.15) is 20.3 Å². The van der Waals surface area contributed by atoms with E-state index in [0.717, 1.165) is 6.42 Å². The van der Waals surface area contributed by atoms with Crippen LogP contribution in [-0.4, -0.2) is 22.9 Å². The van der Waals surface area contributed by atoms with E-state index in [1.54, 1.807) is 23.5 Å². The van der Waals surface area contributed by atoms with Crippen molar-refractivity contribution in [1.82, 2.24) is 0 Å². The lowest BCUT2D eigenvalue weighted by molar-refractivity contribution is 0.721. The van der Waals surface area contributed by atoms with Crippen molar-refractivity contribution in [1.29, 1.82) is 0 Å². The van der Waals surface area contributed by atoms with Gasteiger partial charge < -0.3 is 0 Å². The van der Waals surface area contributed by atoms with Crippen molar-refractivity contribution in [2.75, 3.05) is 12.5 Å². The molecule has 0 aromatic heterocycles. The SMILES string of the molecule is CCC(C)N=C(SC)SC. The quantitative estimate of drug-likeness (QED) is 0.475. The van der Waals surface area contributed by atoms with E-state index < -0.39 is 0 Å². The Bertz CT molecular complexity index is 106. The van der Waals surface area contributed by atoms with Gasteiger partial charge in [0.2, 0.25) is 0 Å². The van der Waals surface area contributed by atoms with Gasteiger partial charge in [0.25, 0.3) is 0 Å². The Morgan fingerprint density at radius 3 is 2.20 bits per heavy atom. The van der Waals surface area contributed by atoms with Crippen molar-refractivity contribution in [3.05, 3.63) is 0 Å². The van der Waals surface area contributed by atoms with E-state index in [4.69, 9.17) is 0 Å². The largest absolute Gasteiger partial charge is 0.269 e. The van der Waals surface area contributed by atoms with E-state index in [9.17, 15) is 0 Å². The molecule has 0 aliphatic carbocycles.